The maximum atomic E-state index is 12.8. The zero-order valence-electron chi connectivity index (χ0n) is 15.9. The summed E-state index contributed by atoms with van der Waals surface area (Å²) in [4.78, 5) is 12.2. The van der Waals surface area contributed by atoms with Crippen LogP contribution in [-0.4, -0.2) is 30.6 Å². The molecular formula is C20H15ClF3NO4S2. The summed E-state index contributed by atoms with van der Waals surface area (Å²) in [6, 6.07) is 7.80. The van der Waals surface area contributed by atoms with Crippen LogP contribution in [0.15, 0.2) is 41.3 Å². The predicted molar refractivity (Wildman–Crippen MR) is 117 cm³/mol. The molecule has 0 aliphatic carbocycles. The number of carbonyl (C=O) groups is 1. The molecule has 2 aromatic carbocycles. The molecule has 0 bridgehead atoms. The van der Waals surface area contributed by atoms with Crippen molar-refractivity contribution >= 4 is 51.9 Å². The summed E-state index contributed by atoms with van der Waals surface area (Å²) >= 11 is 12.4. The number of thiocarbonyl (C=S) groups is 1. The lowest BCUT2D eigenvalue weighted by atomic mass is 10.2. The Kier molecular flexibility index (Phi) is 7.34. The van der Waals surface area contributed by atoms with Gasteiger partial charge in [-0.2, -0.15) is 13.2 Å². The molecule has 1 aliphatic heterocycles. The maximum absolute atomic E-state index is 12.8. The van der Waals surface area contributed by atoms with Gasteiger partial charge >= 0.3 is 6.18 Å². The van der Waals surface area contributed by atoms with Gasteiger partial charge in [0.05, 0.1) is 22.6 Å². The third-order valence-electron chi connectivity index (χ3n) is 3.95. The van der Waals surface area contributed by atoms with Crippen molar-refractivity contribution in [2.75, 3.05) is 20.3 Å². The number of hydrogen-bond donors (Lipinski definition) is 1. The Morgan fingerprint density at radius 1 is 1.19 bits per heavy atom. The van der Waals surface area contributed by atoms with Crippen LogP contribution in [0.2, 0.25) is 5.02 Å². The lowest BCUT2D eigenvalue weighted by molar-refractivity contribution is -0.137. The molecule has 1 N–H and O–H groups in total. The van der Waals surface area contributed by atoms with Crippen molar-refractivity contribution in [3.8, 4) is 17.2 Å². The first kappa shape index (κ1) is 23.2. The van der Waals surface area contributed by atoms with Crippen molar-refractivity contribution in [2.24, 2.45) is 0 Å². The average molecular weight is 490 g/mol. The SMILES string of the molecule is COc1cc(/C=C2\SC(=S)NC2=O)cc(Cl)c1OCCOc1cccc(C(F)(F)F)c1. The fourth-order valence-corrected chi connectivity index (χ4v) is 3.92. The van der Waals surface area contributed by atoms with E-state index in [-0.39, 0.29) is 35.6 Å². The number of alkyl halides is 3. The van der Waals surface area contributed by atoms with Gasteiger partial charge in [-0.05, 0) is 42.0 Å². The fourth-order valence-electron chi connectivity index (χ4n) is 2.60. The van der Waals surface area contributed by atoms with E-state index in [1.165, 1.54) is 19.2 Å². The second-order valence-electron chi connectivity index (χ2n) is 6.11. The van der Waals surface area contributed by atoms with Gasteiger partial charge in [0.1, 0.15) is 23.3 Å². The molecule has 11 heteroatoms. The Labute approximate surface area is 190 Å². The molecule has 0 aromatic heterocycles. The van der Waals surface area contributed by atoms with Crippen molar-refractivity contribution in [3.63, 3.8) is 0 Å². The Balaban J connectivity index is 1.65. The summed E-state index contributed by atoms with van der Waals surface area (Å²) in [6.45, 7) is 0.000141. The Bertz CT molecular complexity index is 1040. The number of methoxy groups -OCH3 is 1. The van der Waals surface area contributed by atoms with Crippen LogP contribution in [0.1, 0.15) is 11.1 Å². The third-order valence-corrected chi connectivity index (χ3v) is 5.39. The number of amides is 1. The summed E-state index contributed by atoms with van der Waals surface area (Å²) < 4.78 is 54.9. The van der Waals surface area contributed by atoms with Crippen molar-refractivity contribution in [1.29, 1.82) is 0 Å². The molecule has 5 nitrogen and oxygen atoms in total. The number of thioether (sulfide) groups is 1. The minimum atomic E-state index is -4.45. The molecule has 1 aliphatic rings. The van der Waals surface area contributed by atoms with Crippen LogP contribution in [0.5, 0.6) is 17.2 Å². The smallest absolute Gasteiger partial charge is 0.416 e. The minimum absolute atomic E-state index is 0.0130. The highest BCUT2D eigenvalue weighted by atomic mass is 35.5. The number of rotatable bonds is 7. The van der Waals surface area contributed by atoms with Crippen LogP contribution in [0.3, 0.4) is 0 Å². The van der Waals surface area contributed by atoms with Crippen molar-refractivity contribution in [1.82, 2.24) is 5.32 Å². The zero-order valence-corrected chi connectivity index (χ0v) is 18.3. The molecule has 0 spiro atoms. The number of carbonyl (C=O) groups excluding carboxylic acids is 1. The largest absolute Gasteiger partial charge is 0.493 e. The number of nitrogens with one attached hydrogen (secondary N) is 1. The van der Waals surface area contributed by atoms with E-state index in [2.05, 4.69) is 5.32 Å². The van der Waals surface area contributed by atoms with E-state index in [0.29, 0.717) is 20.5 Å². The van der Waals surface area contributed by atoms with Gasteiger partial charge in [-0.25, -0.2) is 0 Å². The number of hydrogen-bond acceptors (Lipinski definition) is 6. The first-order chi connectivity index (χ1) is 14.7. The fraction of sp³-hybridized carbons (Fsp3) is 0.200. The molecule has 2 aromatic rings. The van der Waals surface area contributed by atoms with E-state index in [1.54, 1.807) is 18.2 Å². The molecule has 164 valence electrons. The van der Waals surface area contributed by atoms with Crippen LogP contribution in [-0.2, 0) is 11.0 Å². The number of halogens is 4. The van der Waals surface area contributed by atoms with Gasteiger partial charge in [0.15, 0.2) is 11.5 Å². The summed E-state index contributed by atoms with van der Waals surface area (Å²) in [5, 5.41) is 2.76. The minimum Gasteiger partial charge on any atom is -0.493 e. The molecule has 1 fully saturated rings. The molecule has 0 saturated carbocycles. The van der Waals surface area contributed by atoms with E-state index in [4.69, 9.17) is 38.0 Å². The van der Waals surface area contributed by atoms with Crippen LogP contribution in [0.25, 0.3) is 6.08 Å². The normalized spacial score (nSPS) is 15.2. The lowest BCUT2D eigenvalue weighted by Gasteiger charge is -2.14. The quantitative estimate of drug-likeness (QED) is 0.323. The van der Waals surface area contributed by atoms with Crippen LogP contribution < -0.4 is 19.5 Å². The van der Waals surface area contributed by atoms with Gasteiger partial charge in [0.25, 0.3) is 5.91 Å². The van der Waals surface area contributed by atoms with Crippen molar-refractivity contribution in [2.45, 2.75) is 6.18 Å². The van der Waals surface area contributed by atoms with Crippen molar-refractivity contribution in [3.05, 3.63) is 57.5 Å². The highest BCUT2D eigenvalue weighted by molar-refractivity contribution is 8.26. The van der Waals surface area contributed by atoms with E-state index < -0.39 is 11.7 Å². The average Bonchev–Trinajstić information content (AvgIpc) is 3.02. The second kappa shape index (κ2) is 9.80. The van der Waals surface area contributed by atoms with Crippen LogP contribution >= 0.6 is 35.6 Å². The first-order valence-corrected chi connectivity index (χ1v) is 10.3. The second-order valence-corrected chi connectivity index (χ2v) is 8.23. The van der Waals surface area contributed by atoms with Gasteiger partial charge in [-0.15, -0.1) is 0 Å². The molecule has 0 atom stereocenters. The third kappa shape index (κ3) is 6.05. The molecule has 1 saturated heterocycles. The number of benzene rings is 2. The molecule has 0 radical (unpaired) electrons. The van der Waals surface area contributed by atoms with Crippen molar-refractivity contribution < 1.29 is 32.2 Å². The molecular weight excluding hydrogens is 475 g/mol. The zero-order chi connectivity index (χ0) is 22.6. The van der Waals surface area contributed by atoms with E-state index in [9.17, 15) is 18.0 Å². The molecule has 3 rings (SSSR count). The van der Waals surface area contributed by atoms with Crippen LogP contribution in [0.4, 0.5) is 13.2 Å². The molecule has 0 unspecified atom stereocenters. The summed E-state index contributed by atoms with van der Waals surface area (Å²) in [6.07, 6.45) is -2.83. The maximum Gasteiger partial charge on any atom is 0.416 e. The predicted octanol–water partition coefficient (Wildman–Crippen LogP) is 5.31. The van der Waals surface area contributed by atoms with Gasteiger partial charge in [-0.1, -0.05) is 41.6 Å². The number of ether oxygens (including phenoxy) is 3. The van der Waals surface area contributed by atoms with E-state index in [0.717, 1.165) is 23.9 Å². The molecule has 1 amide bonds. The topological polar surface area (TPSA) is 56.8 Å². The Hall–Kier alpha value is -2.43. The highest BCUT2D eigenvalue weighted by Gasteiger charge is 2.30. The monoisotopic (exact) mass is 489 g/mol. The Morgan fingerprint density at radius 3 is 2.58 bits per heavy atom. The lowest BCUT2D eigenvalue weighted by Crippen LogP contribution is -2.17. The highest BCUT2D eigenvalue weighted by Crippen LogP contribution is 2.38. The van der Waals surface area contributed by atoms with E-state index in [1.807, 2.05) is 0 Å². The van der Waals surface area contributed by atoms with Gasteiger partial charge < -0.3 is 19.5 Å². The molecule has 31 heavy (non-hydrogen) atoms. The van der Waals surface area contributed by atoms with E-state index >= 15 is 0 Å². The summed E-state index contributed by atoms with van der Waals surface area (Å²) in [7, 11) is 1.43. The standard InChI is InChI=1S/C20H15ClF3NO4S2/c1-27-15-8-11(9-16-18(26)25-19(30)31-16)7-14(21)17(15)29-6-5-28-13-4-2-3-12(10-13)20(22,23)24/h2-4,7-10H,5-6H2,1H3,(H,25,26,30)/b16-9-. The Morgan fingerprint density at radius 2 is 1.94 bits per heavy atom. The molecule has 1 heterocycles. The van der Waals surface area contributed by atoms with Gasteiger partial charge in [0, 0.05) is 0 Å². The summed E-state index contributed by atoms with van der Waals surface area (Å²) in [5.41, 5.74) is -0.188. The first-order valence-electron chi connectivity index (χ1n) is 8.72. The summed E-state index contributed by atoms with van der Waals surface area (Å²) in [5.74, 6) is 0.350. The van der Waals surface area contributed by atoms with Gasteiger partial charge in [0.2, 0.25) is 0 Å². The van der Waals surface area contributed by atoms with Crippen LogP contribution in [0, 0.1) is 0 Å². The van der Waals surface area contributed by atoms with Gasteiger partial charge in [-0.3, -0.25) is 4.79 Å².